The summed E-state index contributed by atoms with van der Waals surface area (Å²) in [7, 11) is 0. The largest absolute Gasteiger partial charge is 0.481 e. The molecule has 1 aromatic rings. The van der Waals surface area contributed by atoms with Gasteiger partial charge in [-0.2, -0.15) is 4.39 Å². The Morgan fingerprint density at radius 1 is 1.38 bits per heavy atom. The number of hydrogen-bond donors (Lipinski definition) is 1. The summed E-state index contributed by atoms with van der Waals surface area (Å²) in [6, 6.07) is 3.47. The molecular formula is C12H14FNO2. The molecule has 0 amide bonds. The van der Waals surface area contributed by atoms with Crippen molar-refractivity contribution in [2.24, 2.45) is 5.92 Å². The van der Waals surface area contributed by atoms with Crippen molar-refractivity contribution >= 4 is 5.97 Å². The number of nitrogens with zero attached hydrogens (tertiary/aromatic N) is 1. The molecule has 1 heterocycles. The quantitative estimate of drug-likeness (QED) is 0.784. The minimum atomic E-state index is -0.731. The number of pyridine rings is 1. The van der Waals surface area contributed by atoms with Gasteiger partial charge in [0.25, 0.3) is 0 Å². The maximum atomic E-state index is 13.4. The molecule has 3 nitrogen and oxygen atoms in total. The van der Waals surface area contributed by atoms with Crippen LogP contribution in [0, 0.1) is 11.9 Å². The fraction of sp³-hybridized carbons (Fsp3) is 0.500. The van der Waals surface area contributed by atoms with Crippen molar-refractivity contribution in [3.63, 3.8) is 0 Å². The van der Waals surface area contributed by atoms with Crippen molar-refractivity contribution in [1.29, 1.82) is 0 Å². The van der Waals surface area contributed by atoms with Gasteiger partial charge in [0.15, 0.2) is 0 Å². The van der Waals surface area contributed by atoms with Crippen LogP contribution in [0.1, 0.15) is 37.2 Å². The first kappa shape index (κ1) is 11.0. The highest BCUT2D eigenvalue weighted by Gasteiger charge is 2.28. The van der Waals surface area contributed by atoms with Crippen LogP contribution in [-0.4, -0.2) is 16.1 Å². The Labute approximate surface area is 93.3 Å². The summed E-state index contributed by atoms with van der Waals surface area (Å²) >= 11 is 0. The number of rotatable bonds is 2. The maximum Gasteiger partial charge on any atom is 0.306 e. The Kier molecular flexibility index (Phi) is 3.17. The van der Waals surface area contributed by atoms with Crippen molar-refractivity contribution in [2.45, 2.75) is 31.6 Å². The van der Waals surface area contributed by atoms with E-state index < -0.39 is 11.9 Å². The van der Waals surface area contributed by atoms with E-state index in [1.165, 1.54) is 6.20 Å². The second-order valence-electron chi connectivity index (χ2n) is 4.27. The molecule has 4 heteroatoms. The van der Waals surface area contributed by atoms with Gasteiger partial charge < -0.3 is 5.11 Å². The molecule has 1 aliphatic rings. The Morgan fingerprint density at radius 3 is 2.62 bits per heavy atom. The van der Waals surface area contributed by atoms with Crippen molar-refractivity contribution in [2.75, 3.05) is 0 Å². The van der Waals surface area contributed by atoms with Gasteiger partial charge in [-0.05, 0) is 37.7 Å². The van der Waals surface area contributed by atoms with Gasteiger partial charge >= 0.3 is 5.97 Å². The van der Waals surface area contributed by atoms with E-state index in [4.69, 9.17) is 5.11 Å². The van der Waals surface area contributed by atoms with Gasteiger partial charge in [-0.15, -0.1) is 0 Å². The zero-order valence-corrected chi connectivity index (χ0v) is 8.90. The lowest BCUT2D eigenvalue weighted by Gasteiger charge is -2.26. The molecule has 1 fully saturated rings. The molecule has 1 aromatic heterocycles. The van der Waals surface area contributed by atoms with Crippen LogP contribution < -0.4 is 0 Å². The minimum absolute atomic E-state index is 0.129. The van der Waals surface area contributed by atoms with Crippen LogP contribution in [0.15, 0.2) is 18.3 Å². The zero-order valence-electron chi connectivity index (χ0n) is 8.90. The summed E-state index contributed by atoms with van der Waals surface area (Å²) in [6.07, 6.45) is 4.17. The Bertz CT molecular complexity index is 386. The van der Waals surface area contributed by atoms with Crippen LogP contribution in [0.5, 0.6) is 0 Å². The van der Waals surface area contributed by atoms with Crippen molar-refractivity contribution in [3.05, 3.63) is 29.8 Å². The summed E-state index contributed by atoms with van der Waals surface area (Å²) in [5.74, 6) is -1.27. The highest BCUT2D eigenvalue weighted by Crippen LogP contribution is 2.36. The van der Waals surface area contributed by atoms with E-state index in [2.05, 4.69) is 4.98 Å². The molecular weight excluding hydrogens is 209 g/mol. The van der Waals surface area contributed by atoms with Crippen LogP contribution in [0.3, 0.4) is 0 Å². The standard InChI is InChI=1S/C12H14FNO2/c13-11-10(2-1-7-14-11)8-3-5-9(6-4-8)12(15)16/h1-2,7-9H,3-6H2,(H,15,16)/t8-,9-. The van der Waals surface area contributed by atoms with Crippen LogP contribution in [0.2, 0.25) is 0 Å². The molecule has 0 radical (unpaired) electrons. The highest BCUT2D eigenvalue weighted by atomic mass is 19.1. The molecule has 16 heavy (non-hydrogen) atoms. The predicted molar refractivity (Wildman–Crippen MR) is 56.5 cm³/mol. The van der Waals surface area contributed by atoms with E-state index in [0.29, 0.717) is 18.4 Å². The normalized spacial score (nSPS) is 25.3. The summed E-state index contributed by atoms with van der Waals surface area (Å²) in [5.41, 5.74) is 0.631. The van der Waals surface area contributed by atoms with E-state index in [1.54, 1.807) is 12.1 Å². The number of carboxylic acid groups (broad SMARTS) is 1. The maximum absolute atomic E-state index is 13.4. The van der Waals surface area contributed by atoms with Gasteiger partial charge in [0.1, 0.15) is 0 Å². The number of aliphatic carboxylic acids is 1. The first-order valence-electron chi connectivity index (χ1n) is 5.51. The molecule has 0 saturated heterocycles. The Morgan fingerprint density at radius 2 is 2.06 bits per heavy atom. The first-order valence-corrected chi connectivity index (χ1v) is 5.51. The van der Waals surface area contributed by atoms with E-state index in [-0.39, 0.29) is 11.8 Å². The molecule has 1 aliphatic carbocycles. The average Bonchev–Trinajstić information content (AvgIpc) is 2.30. The average molecular weight is 223 g/mol. The smallest absolute Gasteiger partial charge is 0.306 e. The summed E-state index contributed by atoms with van der Waals surface area (Å²) in [6.45, 7) is 0. The van der Waals surface area contributed by atoms with Gasteiger partial charge in [-0.3, -0.25) is 4.79 Å². The zero-order chi connectivity index (χ0) is 11.5. The fourth-order valence-electron chi connectivity index (χ4n) is 2.35. The van der Waals surface area contributed by atoms with Gasteiger partial charge in [-0.1, -0.05) is 6.07 Å². The van der Waals surface area contributed by atoms with Gasteiger partial charge in [0.2, 0.25) is 5.95 Å². The van der Waals surface area contributed by atoms with Crippen LogP contribution in [0.4, 0.5) is 4.39 Å². The minimum Gasteiger partial charge on any atom is -0.481 e. The van der Waals surface area contributed by atoms with Gasteiger partial charge in [-0.25, -0.2) is 4.98 Å². The number of carboxylic acids is 1. The number of halogens is 1. The SMILES string of the molecule is O=C(O)[C@H]1CC[C@H](c2cccnc2F)CC1. The van der Waals surface area contributed by atoms with Crippen molar-refractivity contribution in [3.8, 4) is 0 Å². The fourth-order valence-corrected chi connectivity index (χ4v) is 2.35. The monoisotopic (exact) mass is 223 g/mol. The van der Waals surface area contributed by atoms with Gasteiger partial charge in [0.05, 0.1) is 5.92 Å². The Hall–Kier alpha value is -1.45. The first-order chi connectivity index (χ1) is 7.68. The molecule has 0 atom stereocenters. The third kappa shape index (κ3) is 2.21. The van der Waals surface area contributed by atoms with Gasteiger partial charge in [0, 0.05) is 11.8 Å². The third-order valence-corrected chi connectivity index (χ3v) is 3.30. The molecule has 0 unspecified atom stereocenters. The van der Waals surface area contributed by atoms with E-state index in [9.17, 15) is 9.18 Å². The van der Waals surface area contributed by atoms with Crippen LogP contribution >= 0.6 is 0 Å². The topological polar surface area (TPSA) is 50.2 Å². The van der Waals surface area contributed by atoms with Crippen LogP contribution in [-0.2, 0) is 4.79 Å². The van der Waals surface area contributed by atoms with Crippen molar-refractivity contribution in [1.82, 2.24) is 4.98 Å². The molecule has 0 aromatic carbocycles. The Balaban J connectivity index is 2.05. The molecule has 1 saturated carbocycles. The number of hydrogen-bond acceptors (Lipinski definition) is 2. The number of carbonyl (C=O) groups is 1. The van der Waals surface area contributed by atoms with E-state index >= 15 is 0 Å². The molecule has 1 N–H and O–H groups in total. The van der Waals surface area contributed by atoms with Crippen LogP contribution in [0.25, 0.3) is 0 Å². The second kappa shape index (κ2) is 4.60. The molecule has 0 bridgehead atoms. The summed E-state index contributed by atoms with van der Waals surface area (Å²) < 4.78 is 13.4. The summed E-state index contributed by atoms with van der Waals surface area (Å²) in [5, 5.41) is 8.86. The summed E-state index contributed by atoms with van der Waals surface area (Å²) in [4.78, 5) is 14.4. The number of aromatic nitrogens is 1. The molecule has 0 aliphatic heterocycles. The predicted octanol–water partition coefficient (Wildman–Crippen LogP) is 2.58. The highest BCUT2D eigenvalue weighted by molar-refractivity contribution is 5.70. The van der Waals surface area contributed by atoms with E-state index in [0.717, 1.165) is 12.8 Å². The second-order valence-corrected chi connectivity index (χ2v) is 4.27. The lowest BCUT2D eigenvalue weighted by Crippen LogP contribution is -2.21. The molecule has 0 spiro atoms. The molecule has 86 valence electrons. The molecule has 2 rings (SSSR count). The lowest BCUT2D eigenvalue weighted by molar-refractivity contribution is -0.142. The third-order valence-electron chi connectivity index (χ3n) is 3.30. The lowest BCUT2D eigenvalue weighted by atomic mass is 9.79. The van der Waals surface area contributed by atoms with E-state index in [1.807, 2.05) is 0 Å². The van der Waals surface area contributed by atoms with Crippen molar-refractivity contribution < 1.29 is 14.3 Å².